The Morgan fingerprint density at radius 2 is 1.81 bits per heavy atom. The average molecular weight is 397 g/mol. The van der Waals surface area contributed by atoms with Gasteiger partial charge in [0.25, 0.3) is 0 Å². The van der Waals surface area contributed by atoms with Gasteiger partial charge in [-0.3, -0.25) is 0 Å². The number of benzene rings is 1. The minimum absolute atomic E-state index is 0.0306. The van der Waals surface area contributed by atoms with E-state index >= 15 is 0 Å². The normalized spacial score (nSPS) is 23.1. The summed E-state index contributed by atoms with van der Waals surface area (Å²) in [6.45, 7) is 3.62. The van der Waals surface area contributed by atoms with E-state index in [0.717, 1.165) is 43.9 Å². The molecular weight excluding hydrogens is 377 g/mol. The van der Waals surface area contributed by atoms with Crippen LogP contribution in [0.2, 0.25) is 5.02 Å². The van der Waals surface area contributed by atoms with E-state index in [2.05, 4.69) is 27.0 Å². The third-order valence-electron chi connectivity index (χ3n) is 5.67. The zero-order valence-corrected chi connectivity index (χ0v) is 15.8. The van der Waals surface area contributed by atoms with Gasteiger partial charge in [0.05, 0.1) is 16.3 Å². The zero-order valence-electron chi connectivity index (χ0n) is 15.1. The molecule has 0 amide bonds. The highest BCUT2D eigenvalue weighted by Gasteiger charge is 2.41. The number of alkyl halides is 3. The highest BCUT2D eigenvalue weighted by molar-refractivity contribution is 6.33. The summed E-state index contributed by atoms with van der Waals surface area (Å²) in [6.07, 6.45) is -2.22. The summed E-state index contributed by atoms with van der Waals surface area (Å²) >= 11 is 6.15. The highest BCUT2D eigenvalue weighted by atomic mass is 35.5. The summed E-state index contributed by atoms with van der Waals surface area (Å²) in [5.74, 6) is 0.808. The number of hydrogen-bond donors (Lipinski definition) is 0. The number of aromatic nitrogens is 2. The van der Waals surface area contributed by atoms with Gasteiger partial charge in [-0.05, 0) is 56.6 Å². The smallest absolute Gasteiger partial charge is 0.350 e. The number of hydrogen-bond acceptors (Lipinski definition) is 4. The third kappa shape index (κ3) is 3.27. The number of likely N-dealkylation sites (N-methyl/N-ethyl adjacent to an activating group) is 1. The molecule has 2 aromatic rings. The van der Waals surface area contributed by atoms with E-state index in [1.807, 2.05) is 6.07 Å². The van der Waals surface area contributed by atoms with Gasteiger partial charge in [0, 0.05) is 30.7 Å². The van der Waals surface area contributed by atoms with Gasteiger partial charge in [0.2, 0.25) is 0 Å². The molecule has 0 spiro atoms. The van der Waals surface area contributed by atoms with Crippen molar-refractivity contribution < 1.29 is 13.2 Å². The van der Waals surface area contributed by atoms with E-state index < -0.39 is 11.7 Å². The van der Waals surface area contributed by atoms with Crippen LogP contribution in [-0.2, 0) is 6.18 Å². The van der Waals surface area contributed by atoms with E-state index in [9.17, 15) is 13.2 Å². The molecule has 144 valence electrons. The van der Waals surface area contributed by atoms with Crippen molar-refractivity contribution in [3.8, 4) is 11.3 Å². The number of aryl methyl sites for hydroxylation is 1. The number of likely N-dealkylation sites (tertiary alicyclic amines) is 1. The molecule has 3 heterocycles. The van der Waals surface area contributed by atoms with E-state index in [1.165, 1.54) is 0 Å². The molecule has 2 atom stereocenters. The van der Waals surface area contributed by atoms with Gasteiger partial charge >= 0.3 is 6.18 Å². The Bertz CT molecular complexity index is 830. The lowest BCUT2D eigenvalue weighted by molar-refractivity contribution is -0.137. The molecule has 2 aliphatic heterocycles. The van der Waals surface area contributed by atoms with Crippen LogP contribution in [0.1, 0.15) is 24.0 Å². The Labute approximate surface area is 160 Å². The Kier molecular flexibility index (Phi) is 4.55. The predicted octanol–water partition coefficient (Wildman–Crippen LogP) is 4.41. The maximum absolute atomic E-state index is 12.9. The van der Waals surface area contributed by atoms with Crippen molar-refractivity contribution in [2.75, 3.05) is 25.0 Å². The van der Waals surface area contributed by atoms with E-state index in [-0.39, 0.29) is 5.02 Å². The second kappa shape index (κ2) is 6.63. The highest BCUT2D eigenvalue weighted by Crippen LogP contribution is 2.38. The maximum atomic E-state index is 12.9. The molecule has 1 aromatic carbocycles. The lowest BCUT2D eigenvalue weighted by Gasteiger charge is -2.24. The quantitative estimate of drug-likeness (QED) is 0.752. The maximum Gasteiger partial charge on any atom is 0.416 e. The summed E-state index contributed by atoms with van der Waals surface area (Å²) in [5.41, 5.74) is 0.639. The van der Waals surface area contributed by atoms with Crippen LogP contribution in [0.5, 0.6) is 0 Å². The molecule has 0 saturated carbocycles. The molecule has 2 fully saturated rings. The lowest BCUT2D eigenvalue weighted by Crippen LogP contribution is -2.35. The van der Waals surface area contributed by atoms with Crippen LogP contribution in [-0.4, -0.2) is 47.3 Å². The summed E-state index contributed by atoms with van der Waals surface area (Å²) in [7, 11) is 2.15. The fourth-order valence-corrected chi connectivity index (χ4v) is 4.69. The zero-order chi connectivity index (χ0) is 19.3. The number of anilines is 1. The fraction of sp³-hybridized carbons (Fsp3) is 0.474. The number of rotatable bonds is 2. The van der Waals surface area contributed by atoms with Gasteiger partial charge in [-0.1, -0.05) is 11.6 Å². The first-order chi connectivity index (χ1) is 12.8. The van der Waals surface area contributed by atoms with Crippen molar-refractivity contribution in [2.24, 2.45) is 0 Å². The number of nitrogens with zero attached hydrogens (tertiary/aromatic N) is 4. The molecule has 27 heavy (non-hydrogen) atoms. The number of fused-ring (bicyclic) bond motifs is 1. The summed E-state index contributed by atoms with van der Waals surface area (Å²) < 4.78 is 38.8. The van der Waals surface area contributed by atoms with Crippen molar-refractivity contribution in [3.63, 3.8) is 0 Å². The molecule has 0 radical (unpaired) electrons. The molecule has 0 unspecified atom stereocenters. The molecule has 1 aromatic heterocycles. The minimum atomic E-state index is -4.43. The molecule has 2 saturated heterocycles. The van der Waals surface area contributed by atoms with Crippen molar-refractivity contribution in [3.05, 3.63) is 40.4 Å². The standard InChI is InChI=1S/C19H20ClF3N4/c1-11-9-12(19(21,22)23)10-13(20)18(11)14-3-4-17(25-24-14)27-8-6-15-16(27)5-7-26(15)2/h3-4,9-10,15-16H,5-8H2,1-2H3/t15-,16-/m0/s1. The van der Waals surface area contributed by atoms with Gasteiger partial charge in [-0.25, -0.2) is 0 Å². The molecule has 0 bridgehead atoms. The van der Waals surface area contributed by atoms with Gasteiger partial charge in [-0.15, -0.1) is 10.2 Å². The summed E-state index contributed by atoms with van der Waals surface area (Å²) in [6, 6.07) is 6.71. The summed E-state index contributed by atoms with van der Waals surface area (Å²) in [4.78, 5) is 4.67. The largest absolute Gasteiger partial charge is 0.416 e. The van der Waals surface area contributed by atoms with E-state index in [1.54, 1.807) is 13.0 Å². The fourth-order valence-electron chi connectivity index (χ4n) is 4.33. The van der Waals surface area contributed by atoms with Crippen LogP contribution in [0.4, 0.5) is 19.0 Å². The Hall–Kier alpha value is -1.86. The Morgan fingerprint density at radius 3 is 2.44 bits per heavy atom. The molecule has 0 N–H and O–H groups in total. The van der Waals surface area contributed by atoms with E-state index in [0.29, 0.717) is 28.9 Å². The molecule has 0 aliphatic carbocycles. The Balaban J connectivity index is 1.62. The molecule has 4 nitrogen and oxygen atoms in total. The van der Waals surface area contributed by atoms with Crippen LogP contribution in [0, 0.1) is 6.92 Å². The third-order valence-corrected chi connectivity index (χ3v) is 5.97. The first kappa shape index (κ1) is 18.5. The second-order valence-electron chi connectivity index (χ2n) is 7.31. The van der Waals surface area contributed by atoms with Crippen molar-refractivity contribution >= 4 is 17.4 Å². The SMILES string of the molecule is Cc1cc(C(F)(F)F)cc(Cl)c1-c1ccc(N2CC[C@H]3[C@@H]2CCN3C)nn1. The van der Waals surface area contributed by atoms with E-state index in [4.69, 9.17) is 11.6 Å². The van der Waals surface area contributed by atoms with Crippen LogP contribution in [0.3, 0.4) is 0 Å². The van der Waals surface area contributed by atoms with Crippen LogP contribution in [0.25, 0.3) is 11.3 Å². The van der Waals surface area contributed by atoms with Gasteiger partial charge in [-0.2, -0.15) is 13.2 Å². The van der Waals surface area contributed by atoms with Crippen LogP contribution in [0.15, 0.2) is 24.3 Å². The van der Waals surface area contributed by atoms with Gasteiger partial charge in [0.15, 0.2) is 5.82 Å². The first-order valence-corrected chi connectivity index (χ1v) is 9.32. The lowest BCUT2D eigenvalue weighted by atomic mass is 10.0. The first-order valence-electron chi connectivity index (χ1n) is 8.94. The second-order valence-corrected chi connectivity index (χ2v) is 7.72. The van der Waals surface area contributed by atoms with Crippen LogP contribution >= 0.6 is 11.6 Å². The summed E-state index contributed by atoms with van der Waals surface area (Å²) in [5, 5.41) is 8.65. The molecule has 8 heteroatoms. The molecular formula is C19H20ClF3N4. The van der Waals surface area contributed by atoms with Crippen molar-refractivity contribution in [1.29, 1.82) is 0 Å². The minimum Gasteiger partial charge on any atom is -0.350 e. The topological polar surface area (TPSA) is 32.3 Å². The van der Waals surface area contributed by atoms with Crippen molar-refractivity contribution in [1.82, 2.24) is 15.1 Å². The van der Waals surface area contributed by atoms with Gasteiger partial charge < -0.3 is 9.80 Å². The predicted molar refractivity (Wildman–Crippen MR) is 99.0 cm³/mol. The Morgan fingerprint density at radius 1 is 1.07 bits per heavy atom. The van der Waals surface area contributed by atoms with Gasteiger partial charge in [0.1, 0.15) is 0 Å². The average Bonchev–Trinajstić information content (AvgIpc) is 3.17. The monoisotopic (exact) mass is 396 g/mol. The van der Waals surface area contributed by atoms with Crippen LogP contribution < -0.4 is 4.90 Å². The number of halogens is 4. The molecule has 4 rings (SSSR count). The molecule has 2 aliphatic rings. The van der Waals surface area contributed by atoms with Crippen molar-refractivity contribution in [2.45, 2.75) is 38.0 Å².